The number of unbranched alkanes of at least 4 members (excludes halogenated alkanes) is 1. The summed E-state index contributed by atoms with van der Waals surface area (Å²) in [5.41, 5.74) is 1.10. The summed E-state index contributed by atoms with van der Waals surface area (Å²) in [5, 5.41) is 5.92. The first-order valence-corrected chi connectivity index (χ1v) is 7.14. The summed E-state index contributed by atoms with van der Waals surface area (Å²) in [6, 6.07) is 14.7. The average Bonchev–Trinajstić information content (AvgIpc) is 2.93. The number of nitrogens with one attached hydrogen (secondary N) is 1. The fourth-order valence-electron chi connectivity index (χ4n) is 2.40. The molecule has 0 atom stereocenters. The van der Waals surface area contributed by atoms with Crippen molar-refractivity contribution in [3.05, 3.63) is 54.9 Å². The van der Waals surface area contributed by atoms with E-state index in [2.05, 4.69) is 64.3 Å². The van der Waals surface area contributed by atoms with Crippen molar-refractivity contribution in [2.75, 3.05) is 5.32 Å². The molecule has 0 fully saturated rings. The Morgan fingerprint density at radius 3 is 2.85 bits per heavy atom. The number of fused-ring (bicyclic) bond motifs is 1. The second kappa shape index (κ2) is 5.78. The van der Waals surface area contributed by atoms with E-state index in [0.717, 1.165) is 18.2 Å². The van der Waals surface area contributed by atoms with Gasteiger partial charge in [-0.25, -0.2) is 4.98 Å². The molecule has 1 aromatic heterocycles. The molecule has 0 aliphatic carbocycles. The predicted octanol–water partition coefficient (Wildman–Crippen LogP) is 4.58. The topological polar surface area (TPSA) is 29.9 Å². The SMILES string of the molecule is CCCCn1ccnc1Nc1cccc2ccccc12. The van der Waals surface area contributed by atoms with Gasteiger partial charge in [-0.1, -0.05) is 49.7 Å². The van der Waals surface area contributed by atoms with Crippen LogP contribution in [0.25, 0.3) is 10.8 Å². The van der Waals surface area contributed by atoms with Crippen LogP contribution < -0.4 is 5.32 Å². The van der Waals surface area contributed by atoms with Gasteiger partial charge in [-0.2, -0.15) is 0 Å². The third-order valence-electron chi connectivity index (χ3n) is 3.50. The summed E-state index contributed by atoms with van der Waals surface area (Å²) in [7, 11) is 0. The number of imidazole rings is 1. The van der Waals surface area contributed by atoms with Gasteiger partial charge in [0, 0.05) is 30.0 Å². The number of aryl methyl sites for hydroxylation is 1. The molecule has 1 N–H and O–H groups in total. The van der Waals surface area contributed by atoms with Gasteiger partial charge in [0.05, 0.1) is 0 Å². The van der Waals surface area contributed by atoms with Crippen molar-refractivity contribution in [3.63, 3.8) is 0 Å². The van der Waals surface area contributed by atoms with Crippen LogP contribution >= 0.6 is 0 Å². The Bertz CT molecular complexity index is 695. The number of aromatic nitrogens is 2. The molecule has 20 heavy (non-hydrogen) atoms. The minimum Gasteiger partial charge on any atom is -0.325 e. The van der Waals surface area contributed by atoms with E-state index in [1.807, 2.05) is 12.4 Å². The van der Waals surface area contributed by atoms with E-state index in [0.29, 0.717) is 0 Å². The second-order valence-corrected chi connectivity index (χ2v) is 4.95. The molecule has 0 bridgehead atoms. The maximum absolute atomic E-state index is 4.42. The molecule has 0 amide bonds. The summed E-state index contributed by atoms with van der Waals surface area (Å²) >= 11 is 0. The predicted molar refractivity (Wildman–Crippen MR) is 84.4 cm³/mol. The Morgan fingerprint density at radius 1 is 1.10 bits per heavy atom. The number of anilines is 2. The molecular weight excluding hydrogens is 246 g/mol. The third kappa shape index (κ3) is 2.52. The molecule has 3 nitrogen and oxygen atoms in total. The monoisotopic (exact) mass is 265 g/mol. The van der Waals surface area contributed by atoms with Gasteiger partial charge in [0.2, 0.25) is 5.95 Å². The quantitative estimate of drug-likeness (QED) is 0.731. The molecule has 102 valence electrons. The third-order valence-corrected chi connectivity index (χ3v) is 3.50. The fourth-order valence-corrected chi connectivity index (χ4v) is 2.40. The van der Waals surface area contributed by atoms with Crippen molar-refractivity contribution in [1.82, 2.24) is 9.55 Å². The Kier molecular flexibility index (Phi) is 3.68. The maximum atomic E-state index is 4.42. The Balaban J connectivity index is 1.92. The lowest BCUT2D eigenvalue weighted by Gasteiger charge is -2.11. The Hall–Kier alpha value is -2.29. The van der Waals surface area contributed by atoms with E-state index >= 15 is 0 Å². The van der Waals surface area contributed by atoms with Crippen LogP contribution in [-0.2, 0) is 6.54 Å². The van der Waals surface area contributed by atoms with Crippen molar-refractivity contribution in [2.24, 2.45) is 0 Å². The highest BCUT2D eigenvalue weighted by Gasteiger charge is 2.05. The van der Waals surface area contributed by atoms with Crippen molar-refractivity contribution >= 4 is 22.4 Å². The first-order chi connectivity index (χ1) is 9.88. The van der Waals surface area contributed by atoms with Gasteiger partial charge >= 0.3 is 0 Å². The summed E-state index contributed by atoms with van der Waals surface area (Å²) in [6.45, 7) is 3.21. The van der Waals surface area contributed by atoms with Crippen LogP contribution in [0.3, 0.4) is 0 Å². The van der Waals surface area contributed by atoms with Gasteiger partial charge < -0.3 is 9.88 Å². The summed E-state index contributed by atoms with van der Waals surface area (Å²) in [5.74, 6) is 0.912. The molecule has 1 heterocycles. The zero-order valence-corrected chi connectivity index (χ0v) is 11.7. The van der Waals surface area contributed by atoms with Crippen LogP contribution in [-0.4, -0.2) is 9.55 Å². The number of benzene rings is 2. The van der Waals surface area contributed by atoms with Crippen molar-refractivity contribution in [3.8, 4) is 0 Å². The number of hydrogen-bond acceptors (Lipinski definition) is 2. The molecule has 0 unspecified atom stereocenters. The molecule has 0 saturated carbocycles. The molecule has 0 saturated heterocycles. The number of hydrogen-bond donors (Lipinski definition) is 1. The van der Waals surface area contributed by atoms with Crippen LogP contribution in [0.2, 0.25) is 0 Å². The Labute approximate surface area is 119 Å². The van der Waals surface area contributed by atoms with Gasteiger partial charge in [0.25, 0.3) is 0 Å². The largest absolute Gasteiger partial charge is 0.325 e. The van der Waals surface area contributed by atoms with Gasteiger partial charge in [0.1, 0.15) is 0 Å². The molecule has 0 radical (unpaired) electrons. The zero-order chi connectivity index (χ0) is 13.8. The van der Waals surface area contributed by atoms with Crippen LogP contribution in [0.1, 0.15) is 19.8 Å². The highest BCUT2D eigenvalue weighted by Crippen LogP contribution is 2.25. The smallest absolute Gasteiger partial charge is 0.207 e. The molecule has 0 aliphatic rings. The molecule has 0 aliphatic heterocycles. The van der Waals surface area contributed by atoms with Gasteiger partial charge in [-0.05, 0) is 17.9 Å². The molecule has 3 rings (SSSR count). The summed E-state index contributed by atoms with van der Waals surface area (Å²) in [4.78, 5) is 4.42. The fraction of sp³-hybridized carbons (Fsp3) is 0.235. The van der Waals surface area contributed by atoms with E-state index in [1.165, 1.54) is 23.6 Å². The number of nitrogens with zero attached hydrogens (tertiary/aromatic N) is 2. The van der Waals surface area contributed by atoms with E-state index < -0.39 is 0 Å². The van der Waals surface area contributed by atoms with Gasteiger partial charge in [-0.15, -0.1) is 0 Å². The first-order valence-electron chi connectivity index (χ1n) is 7.14. The molecule has 0 spiro atoms. The number of rotatable bonds is 5. The van der Waals surface area contributed by atoms with Crippen molar-refractivity contribution < 1.29 is 0 Å². The standard InChI is InChI=1S/C17H19N3/c1-2-3-12-20-13-11-18-17(20)19-16-10-6-8-14-7-4-5-9-15(14)16/h4-11,13H,2-3,12H2,1H3,(H,18,19). The van der Waals surface area contributed by atoms with Gasteiger partial charge in [-0.3, -0.25) is 0 Å². The van der Waals surface area contributed by atoms with Crippen LogP contribution in [0.5, 0.6) is 0 Å². The normalized spacial score (nSPS) is 10.8. The lowest BCUT2D eigenvalue weighted by Crippen LogP contribution is -2.03. The molecular formula is C17H19N3. The van der Waals surface area contributed by atoms with Crippen LogP contribution in [0.4, 0.5) is 11.6 Å². The van der Waals surface area contributed by atoms with Crippen LogP contribution in [0, 0.1) is 0 Å². The average molecular weight is 265 g/mol. The van der Waals surface area contributed by atoms with Crippen molar-refractivity contribution in [2.45, 2.75) is 26.3 Å². The highest BCUT2D eigenvalue weighted by molar-refractivity contribution is 5.94. The Morgan fingerprint density at radius 2 is 1.95 bits per heavy atom. The van der Waals surface area contributed by atoms with Crippen LogP contribution in [0.15, 0.2) is 54.9 Å². The highest BCUT2D eigenvalue weighted by atomic mass is 15.2. The lowest BCUT2D eigenvalue weighted by molar-refractivity contribution is 0.638. The summed E-state index contributed by atoms with van der Waals surface area (Å²) < 4.78 is 2.17. The minimum absolute atomic E-state index is 0.912. The molecule has 3 heteroatoms. The maximum Gasteiger partial charge on any atom is 0.207 e. The lowest BCUT2D eigenvalue weighted by atomic mass is 10.1. The van der Waals surface area contributed by atoms with E-state index in [4.69, 9.17) is 0 Å². The van der Waals surface area contributed by atoms with Crippen molar-refractivity contribution in [1.29, 1.82) is 0 Å². The minimum atomic E-state index is 0.912. The van der Waals surface area contributed by atoms with E-state index in [1.54, 1.807) is 0 Å². The zero-order valence-electron chi connectivity index (χ0n) is 11.7. The molecule has 3 aromatic rings. The summed E-state index contributed by atoms with van der Waals surface area (Å²) in [6.07, 6.45) is 6.23. The second-order valence-electron chi connectivity index (χ2n) is 4.95. The van der Waals surface area contributed by atoms with Gasteiger partial charge in [0.15, 0.2) is 0 Å². The first kappa shape index (κ1) is 12.7. The van der Waals surface area contributed by atoms with E-state index in [-0.39, 0.29) is 0 Å². The van der Waals surface area contributed by atoms with E-state index in [9.17, 15) is 0 Å². The molecule has 2 aromatic carbocycles.